The second-order valence-corrected chi connectivity index (χ2v) is 15.7. The zero-order valence-corrected chi connectivity index (χ0v) is 30.2. The normalized spacial score (nSPS) is 29.7. The Hall–Kier alpha value is -3.51. The van der Waals surface area contributed by atoms with Crippen molar-refractivity contribution in [1.82, 2.24) is 34.5 Å². The van der Waals surface area contributed by atoms with Crippen LogP contribution < -0.4 is 11.3 Å². The van der Waals surface area contributed by atoms with Crippen LogP contribution in [-0.4, -0.2) is 125 Å². The zero-order valence-electron chi connectivity index (χ0n) is 28.5. The molecule has 0 aliphatic carbocycles. The number of phosphoric acid groups is 2. The summed E-state index contributed by atoms with van der Waals surface area (Å²) in [6.07, 6.45) is -9.01. The van der Waals surface area contributed by atoms with Crippen LogP contribution in [0.15, 0.2) is 41.6 Å². The molecule has 2 unspecified atom stereocenters. The summed E-state index contributed by atoms with van der Waals surface area (Å²) in [6, 6.07) is 7.75. The van der Waals surface area contributed by atoms with Gasteiger partial charge in [-0.3, -0.25) is 23.4 Å². The molecule has 4 aromatic rings. The van der Waals surface area contributed by atoms with Crippen LogP contribution >= 0.6 is 15.6 Å². The van der Waals surface area contributed by atoms with Gasteiger partial charge in [0.1, 0.15) is 48.4 Å². The molecule has 0 radical (unpaired) electrons. The molecular formula is C29H40N8O15P2. The van der Waals surface area contributed by atoms with Gasteiger partial charge in [0, 0.05) is 5.56 Å². The van der Waals surface area contributed by atoms with Gasteiger partial charge in [-0.2, -0.15) is 9.29 Å². The summed E-state index contributed by atoms with van der Waals surface area (Å²) < 4.78 is 52.7. The van der Waals surface area contributed by atoms with E-state index in [-0.39, 0.29) is 23.7 Å². The highest BCUT2D eigenvalue weighted by molar-refractivity contribution is 7.61. The van der Waals surface area contributed by atoms with Crippen LogP contribution in [0.2, 0.25) is 0 Å². The number of imidazole rings is 1. The third-order valence-corrected chi connectivity index (χ3v) is 11.4. The first kappa shape index (κ1) is 40.2. The number of nitrogen functional groups attached to an aromatic ring is 1. The molecule has 2 saturated heterocycles. The topological polar surface area (TPSA) is 342 Å². The van der Waals surface area contributed by atoms with Crippen molar-refractivity contribution in [3.63, 3.8) is 0 Å². The summed E-state index contributed by atoms with van der Waals surface area (Å²) in [5.74, 6) is -0.276. The maximum Gasteiger partial charge on any atom is 0.483 e. The minimum atomic E-state index is -5.67. The van der Waals surface area contributed by atoms with Gasteiger partial charge < -0.3 is 50.5 Å². The van der Waals surface area contributed by atoms with Gasteiger partial charge in [0.15, 0.2) is 23.7 Å². The number of unbranched alkanes of at least 4 members (excludes halogenated alkanes) is 2. The van der Waals surface area contributed by atoms with Gasteiger partial charge in [-0.15, -0.1) is 5.10 Å². The van der Waals surface area contributed by atoms with Gasteiger partial charge in [0.05, 0.1) is 25.7 Å². The summed E-state index contributed by atoms with van der Waals surface area (Å²) in [5, 5.41) is 60.7. The number of nitrogens with two attached hydrogens (primary N) is 1. The number of aliphatic hydroxyl groups is 5. The predicted octanol–water partition coefficient (Wildman–Crippen LogP) is -0.929. The Morgan fingerprint density at radius 1 is 0.944 bits per heavy atom. The standard InChI is InChI=1S/C29H40N8O15P2/c1-2-3-4-5-14-6-8-15(9-7-14)16-10-36(35-34-16)11-17-20(38)22(40)24(42)28(50-17)51-54(46,47)52-53(44,45)48-12-18-21(39)23(41)27(49-18)37-13-31-19-25(37)32-29(30)33-26(19)43/h6-10,13,17-18,20-24,27-28,38-42H,2-5,11-12H2,1H3,(H,44,45)(H,46,47)(H3,30,32,33,43)/t17-,18+,20+,21+,22+,23+,24-,27+,28+/m0/s1. The van der Waals surface area contributed by atoms with Crippen LogP contribution in [-0.2, 0) is 44.9 Å². The Kier molecular flexibility index (Phi) is 12.1. The first-order valence-corrected chi connectivity index (χ1v) is 19.7. The number of phosphoric ester groups is 2. The summed E-state index contributed by atoms with van der Waals surface area (Å²) in [5.41, 5.74) is 7.03. The van der Waals surface area contributed by atoms with Crippen LogP contribution in [0.25, 0.3) is 22.4 Å². The van der Waals surface area contributed by atoms with Crippen molar-refractivity contribution >= 4 is 32.8 Å². The van der Waals surface area contributed by atoms with Gasteiger partial charge in [-0.05, 0) is 18.4 Å². The molecule has 3 aromatic heterocycles. The maximum absolute atomic E-state index is 12.8. The number of benzene rings is 1. The Bertz CT molecular complexity index is 2060. The minimum absolute atomic E-state index is 0.111. The molecule has 0 bridgehead atoms. The Labute approximate surface area is 305 Å². The highest BCUT2D eigenvalue weighted by Crippen LogP contribution is 2.61. The van der Waals surface area contributed by atoms with Gasteiger partial charge in [0.2, 0.25) is 5.95 Å². The number of nitrogens with one attached hydrogen (secondary N) is 1. The number of fused-ring (bicyclic) bond motifs is 1. The Balaban J connectivity index is 1.05. The highest BCUT2D eigenvalue weighted by atomic mass is 31.3. The second-order valence-electron chi connectivity index (χ2n) is 12.7. The summed E-state index contributed by atoms with van der Waals surface area (Å²) in [7, 11) is -11.2. The number of H-pyrrole nitrogens is 1. The predicted molar refractivity (Wildman–Crippen MR) is 182 cm³/mol. The van der Waals surface area contributed by atoms with Crippen LogP contribution in [0.1, 0.15) is 38.0 Å². The molecule has 6 rings (SSSR count). The molecule has 10 N–H and O–H groups in total. The molecular weight excluding hydrogens is 762 g/mol. The second kappa shape index (κ2) is 16.3. The number of hydrogen-bond donors (Lipinski definition) is 9. The zero-order chi connectivity index (χ0) is 38.9. The molecule has 25 heteroatoms. The number of aromatic nitrogens is 7. The van der Waals surface area contributed by atoms with E-state index < -0.39 is 83.1 Å². The van der Waals surface area contributed by atoms with Crippen molar-refractivity contribution < 1.29 is 67.3 Å². The number of hydrogen-bond acceptors (Lipinski definition) is 18. The molecule has 296 valence electrons. The summed E-state index contributed by atoms with van der Waals surface area (Å²) in [4.78, 5) is 42.7. The monoisotopic (exact) mass is 802 g/mol. The van der Waals surface area contributed by atoms with Crippen LogP contribution in [0.3, 0.4) is 0 Å². The van der Waals surface area contributed by atoms with Gasteiger partial charge >= 0.3 is 15.6 Å². The molecule has 23 nitrogen and oxygen atoms in total. The minimum Gasteiger partial charge on any atom is -0.388 e. The molecule has 1 aromatic carbocycles. The lowest BCUT2D eigenvalue weighted by Gasteiger charge is -2.40. The van der Waals surface area contributed by atoms with Crippen LogP contribution in [0.4, 0.5) is 5.95 Å². The third-order valence-electron chi connectivity index (χ3n) is 8.80. The highest BCUT2D eigenvalue weighted by Gasteiger charge is 2.50. The lowest BCUT2D eigenvalue weighted by Crippen LogP contribution is -2.58. The van der Waals surface area contributed by atoms with E-state index in [1.54, 1.807) is 0 Å². The smallest absolute Gasteiger partial charge is 0.388 e. The fourth-order valence-corrected chi connectivity index (χ4v) is 8.14. The Morgan fingerprint density at radius 2 is 1.67 bits per heavy atom. The van der Waals surface area contributed by atoms with Crippen molar-refractivity contribution in [3.8, 4) is 11.3 Å². The lowest BCUT2D eigenvalue weighted by molar-refractivity contribution is -0.278. The molecule has 2 aliphatic rings. The summed E-state index contributed by atoms with van der Waals surface area (Å²) >= 11 is 0. The first-order valence-electron chi connectivity index (χ1n) is 16.7. The van der Waals surface area contributed by atoms with Crippen molar-refractivity contribution in [1.29, 1.82) is 0 Å². The van der Waals surface area contributed by atoms with E-state index in [1.807, 2.05) is 24.3 Å². The molecule has 11 atom stereocenters. The quantitative estimate of drug-likeness (QED) is 0.0518. The molecule has 0 spiro atoms. The number of ether oxygens (including phenoxy) is 2. The number of aliphatic hydroxyl groups excluding tert-OH is 5. The number of nitrogens with zero attached hydrogens (tertiary/aromatic N) is 6. The fraction of sp³-hybridized carbons (Fsp3) is 0.552. The molecule has 2 fully saturated rings. The van der Waals surface area contributed by atoms with Gasteiger partial charge in [-0.1, -0.05) is 49.2 Å². The SMILES string of the molecule is CCCCCc1ccc(-c2cn(C[C@@H]3O[C@H](OP(=O)(O)OP(=O)(O)OC[C@H]4O[C@@H](n5cnc6c(=O)[nH]c(N)nc65)[C@H](O)[C@@H]4O)[C@@H](O)[C@H](O)[C@@H]3O)nn2)cc1. The van der Waals surface area contributed by atoms with Gasteiger partial charge in [-0.25, -0.2) is 18.8 Å². The fourth-order valence-electron chi connectivity index (χ4n) is 5.98. The lowest BCUT2D eigenvalue weighted by atomic mass is 9.99. The van der Waals surface area contributed by atoms with Crippen LogP contribution in [0.5, 0.6) is 0 Å². The molecule has 2 aliphatic heterocycles. The molecule has 5 heterocycles. The average Bonchev–Trinajstić information content (AvgIpc) is 3.83. The number of anilines is 1. The van der Waals surface area contributed by atoms with E-state index in [9.17, 15) is 49.2 Å². The Morgan fingerprint density at radius 3 is 2.39 bits per heavy atom. The molecule has 54 heavy (non-hydrogen) atoms. The van der Waals surface area contributed by atoms with E-state index >= 15 is 0 Å². The number of aromatic amines is 1. The van der Waals surface area contributed by atoms with E-state index in [1.165, 1.54) is 16.4 Å². The third kappa shape index (κ3) is 8.96. The summed E-state index contributed by atoms with van der Waals surface area (Å²) in [6.45, 7) is 0.854. The molecule has 0 saturated carbocycles. The molecule has 0 amide bonds. The number of rotatable bonds is 15. The maximum atomic E-state index is 12.8. The van der Waals surface area contributed by atoms with E-state index in [4.69, 9.17) is 24.3 Å². The van der Waals surface area contributed by atoms with E-state index in [0.29, 0.717) is 5.69 Å². The van der Waals surface area contributed by atoms with E-state index in [0.717, 1.165) is 42.1 Å². The van der Waals surface area contributed by atoms with Crippen molar-refractivity contribution in [2.24, 2.45) is 0 Å². The average molecular weight is 803 g/mol. The van der Waals surface area contributed by atoms with Gasteiger partial charge in [0.25, 0.3) is 5.56 Å². The van der Waals surface area contributed by atoms with Crippen LogP contribution in [0, 0.1) is 0 Å². The van der Waals surface area contributed by atoms with Crippen molar-refractivity contribution in [2.45, 2.75) is 94.4 Å². The largest absolute Gasteiger partial charge is 0.483 e. The van der Waals surface area contributed by atoms with Crippen molar-refractivity contribution in [3.05, 3.63) is 52.7 Å². The van der Waals surface area contributed by atoms with Crippen molar-refractivity contribution in [2.75, 3.05) is 12.3 Å². The number of aryl methyl sites for hydroxylation is 1. The van der Waals surface area contributed by atoms with E-state index in [2.05, 4.69) is 36.5 Å². The first-order chi connectivity index (χ1) is 25.6.